The molecule has 0 aliphatic rings. The highest BCUT2D eigenvalue weighted by atomic mass is 32.1. The summed E-state index contributed by atoms with van der Waals surface area (Å²) in [5.41, 5.74) is 2.03. The average molecular weight is 341 g/mol. The molecule has 1 aromatic carbocycles. The van der Waals surface area contributed by atoms with Gasteiger partial charge in [-0.25, -0.2) is 4.79 Å². The molecule has 1 N–H and O–H groups in total. The number of hydrogen-bond donors (Lipinski definition) is 1. The van der Waals surface area contributed by atoms with Crippen molar-refractivity contribution in [1.29, 1.82) is 0 Å². The van der Waals surface area contributed by atoms with Gasteiger partial charge in [0, 0.05) is 41.3 Å². The number of anilines is 1. The topological polar surface area (TPSA) is 37.3 Å². The summed E-state index contributed by atoms with van der Waals surface area (Å²) in [6.07, 6.45) is 2.11. The van der Waals surface area contributed by atoms with Gasteiger partial charge < -0.3 is 14.8 Å². The molecule has 0 bridgehead atoms. The van der Waals surface area contributed by atoms with Crippen LogP contribution in [0.5, 0.6) is 0 Å². The van der Waals surface area contributed by atoms with Gasteiger partial charge in [-0.05, 0) is 41.6 Å². The minimum absolute atomic E-state index is 0.0932. The molecule has 0 aliphatic heterocycles. The van der Waals surface area contributed by atoms with Crippen LogP contribution in [0, 0.1) is 5.92 Å². The zero-order chi connectivity index (χ0) is 17.1. The minimum atomic E-state index is -0.0932. The van der Waals surface area contributed by atoms with Crippen molar-refractivity contribution in [2.24, 2.45) is 5.92 Å². The number of carbonyl (C=O) groups is 1. The SMILES string of the molecule is CC(C)Cn1ccc2cc(NC(=O)N(C)Cc3cccs3)ccc21. The summed E-state index contributed by atoms with van der Waals surface area (Å²) in [7, 11) is 1.81. The first-order valence-electron chi connectivity index (χ1n) is 8.16. The fourth-order valence-corrected chi connectivity index (χ4v) is 3.51. The van der Waals surface area contributed by atoms with E-state index in [-0.39, 0.29) is 6.03 Å². The lowest BCUT2D eigenvalue weighted by Gasteiger charge is -2.17. The molecule has 0 radical (unpaired) electrons. The van der Waals surface area contributed by atoms with Gasteiger partial charge in [-0.3, -0.25) is 0 Å². The quantitative estimate of drug-likeness (QED) is 0.695. The highest BCUT2D eigenvalue weighted by Gasteiger charge is 2.11. The first-order chi connectivity index (χ1) is 11.5. The van der Waals surface area contributed by atoms with E-state index in [2.05, 4.69) is 42.1 Å². The van der Waals surface area contributed by atoms with Gasteiger partial charge in [0.25, 0.3) is 0 Å². The molecular formula is C19H23N3OS. The Morgan fingerprint density at radius 1 is 1.29 bits per heavy atom. The van der Waals surface area contributed by atoms with Crippen molar-refractivity contribution in [3.8, 4) is 0 Å². The van der Waals surface area contributed by atoms with E-state index < -0.39 is 0 Å². The van der Waals surface area contributed by atoms with Crippen molar-refractivity contribution >= 4 is 34.0 Å². The third-order valence-corrected chi connectivity index (χ3v) is 4.77. The first kappa shape index (κ1) is 16.6. The molecule has 3 rings (SSSR count). The van der Waals surface area contributed by atoms with Crippen LogP contribution in [0.2, 0.25) is 0 Å². The molecule has 5 heteroatoms. The number of urea groups is 1. The molecule has 0 saturated carbocycles. The molecule has 0 unspecified atom stereocenters. The highest BCUT2D eigenvalue weighted by Crippen LogP contribution is 2.22. The summed E-state index contributed by atoms with van der Waals surface area (Å²) >= 11 is 1.66. The Kier molecular flexibility index (Phi) is 4.90. The van der Waals surface area contributed by atoms with Crippen molar-refractivity contribution in [1.82, 2.24) is 9.47 Å². The van der Waals surface area contributed by atoms with Crippen molar-refractivity contribution < 1.29 is 4.79 Å². The van der Waals surface area contributed by atoms with Crippen LogP contribution in [0.25, 0.3) is 10.9 Å². The maximum Gasteiger partial charge on any atom is 0.321 e. The van der Waals surface area contributed by atoms with E-state index in [0.717, 1.165) is 17.6 Å². The molecule has 2 amide bonds. The predicted octanol–water partition coefficient (Wildman–Crippen LogP) is 5.02. The summed E-state index contributed by atoms with van der Waals surface area (Å²) in [4.78, 5) is 15.2. The van der Waals surface area contributed by atoms with Gasteiger partial charge >= 0.3 is 6.03 Å². The standard InChI is InChI=1S/C19H23N3OS/c1-14(2)12-22-9-8-15-11-16(6-7-18(15)22)20-19(23)21(3)13-17-5-4-10-24-17/h4-11,14H,12-13H2,1-3H3,(H,20,23). The molecule has 24 heavy (non-hydrogen) atoms. The van der Waals surface area contributed by atoms with Crippen molar-refractivity contribution in [2.75, 3.05) is 12.4 Å². The zero-order valence-corrected chi connectivity index (χ0v) is 15.1. The van der Waals surface area contributed by atoms with Gasteiger partial charge in [0.15, 0.2) is 0 Å². The summed E-state index contributed by atoms with van der Waals surface area (Å²) in [6.45, 7) is 6.04. The minimum Gasteiger partial charge on any atom is -0.347 e. The third-order valence-electron chi connectivity index (χ3n) is 3.90. The maximum atomic E-state index is 12.3. The van der Waals surface area contributed by atoms with Crippen molar-refractivity contribution in [2.45, 2.75) is 26.9 Å². The summed E-state index contributed by atoms with van der Waals surface area (Å²) < 4.78 is 2.26. The van der Waals surface area contributed by atoms with Gasteiger partial charge in [0.2, 0.25) is 0 Å². The van der Waals surface area contributed by atoms with Crippen LogP contribution in [-0.4, -0.2) is 22.5 Å². The van der Waals surface area contributed by atoms with Crippen LogP contribution in [0.15, 0.2) is 48.0 Å². The second-order valence-corrected chi connectivity index (χ2v) is 7.53. The monoisotopic (exact) mass is 341 g/mol. The van der Waals surface area contributed by atoms with E-state index >= 15 is 0 Å². The Morgan fingerprint density at radius 2 is 2.12 bits per heavy atom. The van der Waals surface area contributed by atoms with Crippen LogP contribution in [-0.2, 0) is 13.1 Å². The van der Waals surface area contributed by atoms with Crippen LogP contribution < -0.4 is 5.32 Å². The largest absolute Gasteiger partial charge is 0.347 e. The number of thiophene rings is 1. The highest BCUT2D eigenvalue weighted by molar-refractivity contribution is 7.09. The lowest BCUT2D eigenvalue weighted by Crippen LogP contribution is -2.30. The molecule has 0 saturated heterocycles. The van der Waals surface area contributed by atoms with E-state index in [1.54, 1.807) is 16.2 Å². The third kappa shape index (κ3) is 3.79. The number of fused-ring (bicyclic) bond motifs is 1. The Bertz CT molecular complexity index is 820. The molecule has 4 nitrogen and oxygen atoms in total. The smallest absolute Gasteiger partial charge is 0.321 e. The van der Waals surface area contributed by atoms with Crippen LogP contribution in [0.3, 0.4) is 0 Å². The predicted molar refractivity (Wildman–Crippen MR) is 102 cm³/mol. The Labute approximate surface area is 146 Å². The summed E-state index contributed by atoms with van der Waals surface area (Å²) in [6, 6.07) is 12.1. The van der Waals surface area contributed by atoms with E-state index in [4.69, 9.17) is 0 Å². The summed E-state index contributed by atoms with van der Waals surface area (Å²) in [5.74, 6) is 0.603. The van der Waals surface area contributed by atoms with E-state index in [0.29, 0.717) is 12.5 Å². The first-order valence-corrected chi connectivity index (χ1v) is 9.04. The fraction of sp³-hybridized carbons (Fsp3) is 0.316. The van der Waals surface area contributed by atoms with Gasteiger partial charge in [-0.1, -0.05) is 19.9 Å². The number of benzene rings is 1. The number of hydrogen-bond acceptors (Lipinski definition) is 2. The summed E-state index contributed by atoms with van der Waals surface area (Å²) in [5, 5.41) is 6.15. The van der Waals surface area contributed by atoms with Crippen molar-refractivity contribution in [3.63, 3.8) is 0 Å². The number of nitrogens with one attached hydrogen (secondary N) is 1. The van der Waals surface area contributed by atoms with Gasteiger partial charge in [-0.15, -0.1) is 11.3 Å². The van der Waals surface area contributed by atoms with E-state index in [1.807, 2.05) is 36.7 Å². The Hall–Kier alpha value is -2.27. The van der Waals surface area contributed by atoms with Gasteiger partial charge in [-0.2, -0.15) is 0 Å². The normalized spacial score (nSPS) is 11.2. The van der Waals surface area contributed by atoms with Gasteiger partial charge in [0.05, 0.1) is 6.54 Å². The van der Waals surface area contributed by atoms with Crippen molar-refractivity contribution in [3.05, 3.63) is 52.9 Å². The molecule has 2 aromatic heterocycles. The maximum absolute atomic E-state index is 12.3. The molecule has 2 heterocycles. The second kappa shape index (κ2) is 7.09. The number of amides is 2. The molecule has 0 aliphatic carbocycles. The lowest BCUT2D eigenvalue weighted by atomic mass is 10.2. The molecule has 0 atom stereocenters. The Balaban J connectivity index is 1.69. The lowest BCUT2D eigenvalue weighted by molar-refractivity contribution is 0.221. The number of aromatic nitrogens is 1. The molecule has 3 aromatic rings. The molecular weight excluding hydrogens is 318 g/mol. The van der Waals surface area contributed by atoms with Gasteiger partial charge in [0.1, 0.15) is 0 Å². The molecule has 126 valence electrons. The molecule has 0 fully saturated rings. The van der Waals surface area contributed by atoms with E-state index in [9.17, 15) is 4.79 Å². The fourth-order valence-electron chi connectivity index (χ4n) is 2.76. The van der Waals surface area contributed by atoms with Crippen LogP contribution in [0.1, 0.15) is 18.7 Å². The van der Waals surface area contributed by atoms with E-state index in [1.165, 1.54) is 10.4 Å². The van der Waals surface area contributed by atoms with Crippen LogP contribution in [0.4, 0.5) is 10.5 Å². The number of nitrogens with zero attached hydrogens (tertiary/aromatic N) is 2. The second-order valence-electron chi connectivity index (χ2n) is 6.50. The number of rotatable bonds is 5. The average Bonchev–Trinajstić information content (AvgIpc) is 3.17. The zero-order valence-electron chi connectivity index (χ0n) is 14.3. The Morgan fingerprint density at radius 3 is 2.83 bits per heavy atom. The van der Waals surface area contributed by atoms with Crippen LogP contribution >= 0.6 is 11.3 Å². The molecule has 0 spiro atoms. The number of carbonyl (C=O) groups excluding carboxylic acids is 1.